The number of carbonyl (C=O) groups excluding carboxylic acids is 2. The third kappa shape index (κ3) is 9.30. The van der Waals surface area contributed by atoms with Gasteiger partial charge in [-0.3, -0.25) is 19.4 Å². The van der Waals surface area contributed by atoms with Crippen LogP contribution in [-0.2, 0) is 12.8 Å². The number of aromatic nitrogens is 6. The molecule has 2 N–H and O–H groups in total. The highest BCUT2D eigenvalue weighted by atomic mass is 19.3. The van der Waals surface area contributed by atoms with Crippen molar-refractivity contribution in [2.45, 2.75) is 76.4 Å². The number of piperazine rings is 2. The van der Waals surface area contributed by atoms with E-state index in [9.17, 15) is 27.2 Å². The van der Waals surface area contributed by atoms with Gasteiger partial charge in [0.2, 0.25) is 0 Å². The van der Waals surface area contributed by atoms with Crippen LogP contribution in [0.4, 0.5) is 40.3 Å². The number of ether oxygens (including phenoxy) is 2. The Bertz CT molecular complexity index is 2730. The summed E-state index contributed by atoms with van der Waals surface area (Å²) in [6.07, 6.45) is 11.4. The molecule has 70 heavy (non-hydrogen) atoms. The van der Waals surface area contributed by atoms with E-state index >= 15 is 0 Å². The maximum Gasteiger partial charge on any atom is 0.261 e. The van der Waals surface area contributed by atoms with Crippen molar-refractivity contribution in [1.82, 2.24) is 39.0 Å². The average Bonchev–Trinajstić information content (AvgIpc) is 4.24. The zero-order valence-electron chi connectivity index (χ0n) is 39.2. The summed E-state index contributed by atoms with van der Waals surface area (Å²) >= 11 is 0. The molecule has 4 aromatic heterocycles. The minimum atomic E-state index is -2.34. The molecule has 20 heteroatoms. The number of fused-ring (bicyclic) bond motifs is 4. The molecule has 6 aliphatic rings. The number of halogens is 4. The summed E-state index contributed by atoms with van der Waals surface area (Å²) in [5.41, 5.74) is 6.53. The van der Waals surface area contributed by atoms with E-state index in [-0.39, 0.29) is 36.1 Å². The summed E-state index contributed by atoms with van der Waals surface area (Å²) in [6.45, 7) is 8.39. The molecule has 2 saturated carbocycles. The molecule has 0 spiro atoms. The lowest BCUT2D eigenvalue weighted by molar-refractivity contribution is 0.0849. The minimum Gasteiger partial charge on any atom is -0.487 e. The van der Waals surface area contributed by atoms with Crippen LogP contribution in [-0.4, -0.2) is 140 Å². The molecule has 2 aliphatic carbocycles. The van der Waals surface area contributed by atoms with Crippen LogP contribution in [0.2, 0.25) is 0 Å². The van der Waals surface area contributed by atoms with E-state index in [1.165, 1.54) is 38.1 Å². The second kappa shape index (κ2) is 18.3. The summed E-state index contributed by atoms with van der Waals surface area (Å²) < 4.78 is 67.4. The van der Waals surface area contributed by atoms with Crippen molar-refractivity contribution < 1.29 is 36.6 Å². The maximum absolute atomic E-state index is 13.3. The van der Waals surface area contributed by atoms with Gasteiger partial charge in [-0.2, -0.15) is 10.2 Å². The first-order valence-electron chi connectivity index (χ1n) is 24.2. The number of nitrogens with zero attached hydrogens (tertiary/aromatic N) is 10. The van der Waals surface area contributed by atoms with Gasteiger partial charge in [-0.15, -0.1) is 0 Å². The zero-order chi connectivity index (χ0) is 48.3. The van der Waals surface area contributed by atoms with Gasteiger partial charge in [0.05, 0.1) is 48.2 Å². The second-order valence-electron chi connectivity index (χ2n) is 19.8. The van der Waals surface area contributed by atoms with Crippen molar-refractivity contribution in [2.75, 3.05) is 85.9 Å². The first-order chi connectivity index (χ1) is 33.8. The predicted octanol–water partition coefficient (Wildman–Crippen LogP) is 6.94. The Morgan fingerprint density at radius 2 is 1.03 bits per heavy atom. The number of benzene rings is 2. The third-order valence-electron chi connectivity index (χ3n) is 14.8. The van der Waals surface area contributed by atoms with Gasteiger partial charge in [-0.05, 0) is 75.6 Å². The molecular weight excluding hydrogens is 909 g/mol. The molecule has 6 aromatic rings. The Balaban J connectivity index is 0.000000152. The molecule has 2 amide bonds. The smallest absolute Gasteiger partial charge is 0.261 e. The van der Waals surface area contributed by atoms with Crippen LogP contribution in [0.25, 0.3) is 11.3 Å². The summed E-state index contributed by atoms with van der Waals surface area (Å²) in [5, 5.41) is 14.6. The Morgan fingerprint density at radius 1 is 0.629 bits per heavy atom. The van der Waals surface area contributed by atoms with Gasteiger partial charge in [0.1, 0.15) is 33.8 Å². The molecule has 2 atom stereocenters. The number of hydrogen-bond acceptors (Lipinski definition) is 12. The van der Waals surface area contributed by atoms with E-state index < -0.39 is 12.9 Å². The van der Waals surface area contributed by atoms with Gasteiger partial charge < -0.3 is 29.9 Å². The fourth-order valence-corrected chi connectivity index (χ4v) is 10.7. The highest BCUT2D eigenvalue weighted by Gasteiger charge is 2.49. The van der Waals surface area contributed by atoms with E-state index in [0.29, 0.717) is 98.0 Å². The Morgan fingerprint density at radius 3 is 1.40 bits per heavy atom. The van der Waals surface area contributed by atoms with Crippen molar-refractivity contribution in [3.63, 3.8) is 0 Å². The normalized spacial score (nSPS) is 22.5. The standard InChI is InChI=1S/2C25H28F2N6O2/c2*1-25(17-3-4-17)13-16-11-19(30-24(34)18-14-29-33-6-2-5-28-23(18)33)20(12-21(16)35-25)32-9-7-31(8-10-32)15-22(26)27/h2*2,5-6,11-12,14,17,22H,3-4,7-10,13,15H2,1H3,(H,30,34)/t2*25-/m11/s1. The van der Waals surface area contributed by atoms with Gasteiger partial charge in [0.25, 0.3) is 24.7 Å². The lowest BCUT2D eigenvalue weighted by atomic mass is 9.94. The van der Waals surface area contributed by atoms with E-state index in [2.05, 4.69) is 54.4 Å². The fraction of sp³-hybridized carbons (Fsp3) is 0.480. The molecule has 4 aliphatic heterocycles. The molecule has 12 rings (SSSR count). The predicted molar refractivity (Wildman–Crippen MR) is 255 cm³/mol. The van der Waals surface area contributed by atoms with Crippen molar-refractivity contribution in [2.24, 2.45) is 11.8 Å². The number of nitrogens with one attached hydrogen (secondary N) is 2. The lowest BCUT2D eigenvalue weighted by Crippen LogP contribution is -2.48. The molecular formula is C50H56F4N12O4. The molecule has 0 unspecified atom stereocenters. The number of anilines is 4. The van der Waals surface area contributed by atoms with Gasteiger partial charge >= 0.3 is 0 Å². The molecule has 2 saturated heterocycles. The van der Waals surface area contributed by atoms with Crippen LogP contribution in [0.1, 0.15) is 71.4 Å². The molecule has 2 aromatic carbocycles. The Labute approximate surface area is 401 Å². The van der Waals surface area contributed by atoms with Gasteiger partial charge in [0.15, 0.2) is 11.3 Å². The van der Waals surface area contributed by atoms with Crippen molar-refractivity contribution in [3.05, 3.63) is 95.8 Å². The van der Waals surface area contributed by atoms with Crippen LogP contribution in [0, 0.1) is 11.8 Å². The Kier molecular flexibility index (Phi) is 12.0. The first-order valence-corrected chi connectivity index (χ1v) is 24.2. The second-order valence-corrected chi connectivity index (χ2v) is 19.8. The molecule has 0 bridgehead atoms. The number of rotatable bonds is 12. The van der Waals surface area contributed by atoms with Crippen LogP contribution in [0.15, 0.2) is 73.6 Å². The van der Waals surface area contributed by atoms with Crippen LogP contribution in [0.5, 0.6) is 11.5 Å². The largest absolute Gasteiger partial charge is 0.487 e. The third-order valence-corrected chi connectivity index (χ3v) is 14.8. The van der Waals surface area contributed by atoms with Crippen LogP contribution in [0.3, 0.4) is 0 Å². The van der Waals surface area contributed by atoms with Crippen LogP contribution < -0.4 is 29.9 Å². The van der Waals surface area contributed by atoms with Crippen LogP contribution >= 0.6 is 0 Å². The first kappa shape index (κ1) is 45.9. The summed E-state index contributed by atoms with van der Waals surface area (Å²) in [5.74, 6) is 2.22. The fourth-order valence-electron chi connectivity index (χ4n) is 10.7. The van der Waals surface area contributed by atoms with Crippen molar-refractivity contribution in [1.29, 1.82) is 0 Å². The van der Waals surface area contributed by atoms with E-state index in [0.717, 1.165) is 46.8 Å². The van der Waals surface area contributed by atoms with E-state index in [1.807, 2.05) is 24.3 Å². The summed E-state index contributed by atoms with van der Waals surface area (Å²) in [6, 6.07) is 11.6. The number of hydrogen-bond donors (Lipinski definition) is 2. The monoisotopic (exact) mass is 964 g/mol. The average molecular weight is 965 g/mol. The molecule has 368 valence electrons. The SMILES string of the molecule is C[C@]1(C2CC2)Cc2cc(NC(=O)c3cnn4cccnc34)c(N3CCN(CC(F)F)CC3)cc2O1.C[C@]1(C2CC2)Cc2cc(NC(=O)c3cnn4cccnc34)c(N3CCN(CC(F)F)CC3)cc2O1. The molecule has 16 nitrogen and oxygen atoms in total. The van der Waals surface area contributed by atoms with Gasteiger partial charge in [-0.25, -0.2) is 36.6 Å². The quantitative estimate of drug-likeness (QED) is 0.122. The van der Waals surface area contributed by atoms with E-state index in [4.69, 9.17) is 9.47 Å². The molecule has 0 radical (unpaired) electrons. The summed E-state index contributed by atoms with van der Waals surface area (Å²) in [4.78, 5) is 43.0. The highest BCUT2D eigenvalue weighted by molar-refractivity contribution is 6.10. The van der Waals surface area contributed by atoms with Crippen molar-refractivity contribution >= 4 is 45.9 Å². The van der Waals surface area contributed by atoms with Gasteiger partial charge in [-0.1, -0.05) is 0 Å². The lowest BCUT2D eigenvalue weighted by Gasteiger charge is -2.37. The maximum atomic E-state index is 13.3. The van der Waals surface area contributed by atoms with E-state index in [1.54, 1.807) is 55.8 Å². The van der Waals surface area contributed by atoms with Crippen molar-refractivity contribution in [3.8, 4) is 11.5 Å². The number of carbonyl (C=O) groups is 2. The Hall–Kier alpha value is -6.54. The minimum absolute atomic E-state index is 0.216. The highest BCUT2D eigenvalue weighted by Crippen LogP contribution is 2.52. The molecule has 8 heterocycles. The molecule has 4 fully saturated rings. The topological polar surface area (TPSA) is 150 Å². The summed E-state index contributed by atoms with van der Waals surface area (Å²) in [7, 11) is 0. The zero-order valence-corrected chi connectivity index (χ0v) is 39.2. The number of amides is 2. The van der Waals surface area contributed by atoms with Gasteiger partial charge in [0, 0.05) is 113 Å². The number of alkyl halides is 4.